The van der Waals surface area contributed by atoms with E-state index in [9.17, 15) is 4.55 Å². The second-order valence-electron chi connectivity index (χ2n) is 6.43. The quantitative estimate of drug-likeness (QED) is 0.354. The number of hydrogen-bond donors (Lipinski definition) is 1. The van der Waals surface area contributed by atoms with Crippen LogP contribution in [0.3, 0.4) is 0 Å². The van der Waals surface area contributed by atoms with E-state index in [1.54, 1.807) is 19.5 Å². The molecule has 0 bridgehead atoms. The van der Waals surface area contributed by atoms with Crippen LogP contribution >= 0.6 is 11.3 Å². The number of methoxy groups -OCH3 is 1. The van der Waals surface area contributed by atoms with Gasteiger partial charge in [0.1, 0.15) is 22.6 Å². The van der Waals surface area contributed by atoms with Crippen LogP contribution < -0.4 is 5.73 Å². The minimum atomic E-state index is -1.20. The molecule has 0 aliphatic rings. The maximum Gasteiger partial charge on any atom is 0.232 e. The van der Waals surface area contributed by atoms with Crippen molar-refractivity contribution in [1.29, 1.82) is 0 Å². The van der Waals surface area contributed by atoms with Crippen LogP contribution in [0.15, 0.2) is 59.3 Å². The third kappa shape index (κ3) is 4.11. The third-order valence-electron chi connectivity index (χ3n) is 4.49. The molecule has 0 saturated heterocycles. The van der Waals surface area contributed by atoms with Gasteiger partial charge in [-0.25, -0.2) is 15.0 Å². The summed E-state index contributed by atoms with van der Waals surface area (Å²) in [6.07, 6.45) is 5.67. The predicted molar refractivity (Wildman–Crippen MR) is 118 cm³/mol. The zero-order chi connectivity index (χ0) is 20.2. The highest BCUT2D eigenvalue weighted by molar-refractivity contribution is 7.93. The fraction of sp³-hybridized carbons (Fsp3) is 0.190. The topological polar surface area (TPSA) is 97.0 Å². The van der Waals surface area contributed by atoms with Gasteiger partial charge in [-0.1, -0.05) is 41.7 Å². The van der Waals surface area contributed by atoms with Crippen molar-refractivity contribution >= 4 is 38.4 Å². The minimum Gasteiger partial charge on any atom is -0.611 e. The Morgan fingerprint density at radius 2 is 1.90 bits per heavy atom. The van der Waals surface area contributed by atoms with Crippen molar-refractivity contribution in [2.24, 2.45) is 0 Å². The first kappa shape index (κ1) is 19.8. The SMILES string of the molecule is COCCC[S@@+]([O-])c1sc2nc(-c3cncnc3)cc(-c3ccccc3)c2c1N. The van der Waals surface area contributed by atoms with E-state index in [0.717, 1.165) is 32.6 Å². The second kappa shape index (κ2) is 8.87. The van der Waals surface area contributed by atoms with Crippen molar-refractivity contribution in [1.82, 2.24) is 15.0 Å². The Kier molecular flexibility index (Phi) is 6.05. The summed E-state index contributed by atoms with van der Waals surface area (Å²) in [6, 6.07) is 12.0. The number of fused-ring (bicyclic) bond motifs is 1. The van der Waals surface area contributed by atoms with Crippen molar-refractivity contribution in [3.05, 3.63) is 55.1 Å². The zero-order valence-electron chi connectivity index (χ0n) is 15.9. The highest BCUT2D eigenvalue weighted by Crippen LogP contribution is 2.43. The van der Waals surface area contributed by atoms with Gasteiger partial charge >= 0.3 is 0 Å². The summed E-state index contributed by atoms with van der Waals surface area (Å²) in [5.74, 6) is 0.505. The molecule has 29 heavy (non-hydrogen) atoms. The van der Waals surface area contributed by atoms with Crippen molar-refractivity contribution in [2.75, 3.05) is 25.2 Å². The molecule has 0 unspecified atom stereocenters. The fourth-order valence-corrected chi connectivity index (χ4v) is 5.75. The van der Waals surface area contributed by atoms with E-state index < -0.39 is 11.2 Å². The number of hydrogen-bond acceptors (Lipinski definition) is 7. The van der Waals surface area contributed by atoms with E-state index in [0.29, 0.717) is 28.7 Å². The van der Waals surface area contributed by atoms with E-state index in [4.69, 9.17) is 15.5 Å². The molecule has 0 amide bonds. The maximum atomic E-state index is 12.9. The lowest BCUT2D eigenvalue weighted by atomic mass is 10.0. The first-order valence-electron chi connectivity index (χ1n) is 9.10. The first-order chi connectivity index (χ1) is 14.2. The van der Waals surface area contributed by atoms with Gasteiger partial charge in [0, 0.05) is 36.9 Å². The van der Waals surface area contributed by atoms with Crippen molar-refractivity contribution in [3.63, 3.8) is 0 Å². The van der Waals surface area contributed by atoms with Gasteiger partial charge in [-0.05, 0) is 28.4 Å². The Morgan fingerprint density at radius 3 is 2.62 bits per heavy atom. The molecule has 2 N–H and O–H groups in total. The number of nitrogen functional groups attached to an aromatic ring is 1. The molecule has 6 nitrogen and oxygen atoms in total. The molecule has 8 heteroatoms. The number of benzene rings is 1. The molecule has 3 aromatic heterocycles. The number of aromatic nitrogens is 3. The van der Waals surface area contributed by atoms with E-state index in [-0.39, 0.29) is 0 Å². The number of thiophene rings is 1. The van der Waals surface area contributed by atoms with Crippen LogP contribution in [0.4, 0.5) is 5.69 Å². The summed E-state index contributed by atoms with van der Waals surface area (Å²) in [5, 5.41) is 0.844. The predicted octanol–water partition coefficient (Wildman–Crippen LogP) is 4.15. The van der Waals surface area contributed by atoms with E-state index in [1.807, 2.05) is 36.4 Å². The van der Waals surface area contributed by atoms with E-state index in [2.05, 4.69) is 9.97 Å². The molecule has 0 fully saturated rings. The van der Waals surface area contributed by atoms with Crippen LogP contribution in [0, 0.1) is 0 Å². The maximum absolute atomic E-state index is 12.9. The molecule has 148 valence electrons. The van der Waals surface area contributed by atoms with Crippen LogP contribution in [0.5, 0.6) is 0 Å². The largest absolute Gasteiger partial charge is 0.611 e. The third-order valence-corrected chi connectivity index (χ3v) is 7.49. The molecular formula is C21H20N4O2S2. The normalized spacial score (nSPS) is 12.3. The summed E-state index contributed by atoms with van der Waals surface area (Å²) in [6.45, 7) is 0.572. The number of ether oxygens (including phenoxy) is 1. The van der Waals surface area contributed by atoms with Gasteiger partial charge in [-0.3, -0.25) is 0 Å². The highest BCUT2D eigenvalue weighted by atomic mass is 32.2. The smallest absolute Gasteiger partial charge is 0.232 e. The number of anilines is 1. The highest BCUT2D eigenvalue weighted by Gasteiger charge is 2.24. The Hall–Kier alpha value is -2.52. The minimum absolute atomic E-state index is 0.505. The molecule has 0 saturated carbocycles. The van der Waals surface area contributed by atoms with Crippen LogP contribution in [-0.4, -0.2) is 39.0 Å². The number of nitrogens with two attached hydrogens (primary N) is 1. The summed E-state index contributed by atoms with van der Waals surface area (Å²) in [7, 11) is 1.64. The molecular weight excluding hydrogens is 404 g/mol. The number of pyridine rings is 1. The lowest BCUT2D eigenvalue weighted by molar-refractivity contribution is 0.199. The number of nitrogens with zero attached hydrogens (tertiary/aromatic N) is 3. The van der Waals surface area contributed by atoms with Crippen molar-refractivity contribution < 1.29 is 9.29 Å². The average Bonchev–Trinajstić information content (AvgIpc) is 3.11. The summed E-state index contributed by atoms with van der Waals surface area (Å²) < 4.78 is 18.6. The molecule has 1 aromatic carbocycles. The lowest BCUT2D eigenvalue weighted by Gasteiger charge is -2.09. The lowest BCUT2D eigenvalue weighted by Crippen LogP contribution is -2.09. The summed E-state index contributed by atoms with van der Waals surface area (Å²) in [4.78, 5) is 13.8. The number of rotatable bonds is 7. The van der Waals surface area contributed by atoms with Crippen LogP contribution in [0.2, 0.25) is 0 Å². The zero-order valence-corrected chi connectivity index (χ0v) is 17.5. The van der Waals surface area contributed by atoms with Crippen LogP contribution in [0.25, 0.3) is 32.6 Å². The molecule has 0 radical (unpaired) electrons. The van der Waals surface area contributed by atoms with Crippen molar-refractivity contribution in [2.45, 2.75) is 10.6 Å². The fourth-order valence-electron chi connectivity index (χ4n) is 3.12. The van der Waals surface area contributed by atoms with Crippen molar-refractivity contribution in [3.8, 4) is 22.4 Å². The van der Waals surface area contributed by atoms with Gasteiger partial charge in [-0.15, -0.1) is 0 Å². The van der Waals surface area contributed by atoms with Gasteiger partial charge in [0.15, 0.2) is 0 Å². The van der Waals surface area contributed by atoms with Gasteiger partial charge < -0.3 is 15.0 Å². The molecule has 1 atom stereocenters. The second-order valence-corrected chi connectivity index (χ2v) is 9.19. The van der Waals surface area contributed by atoms with E-state index in [1.165, 1.54) is 17.7 Å². The Labute approximate surface area is 176 Å². The average molecular weight is 425 g/mol. The van der Waals surface area contributed by atoms with Gasteiger partial charge in [0.05, 0.1) is 12.3 Å². The van der Waals surface area contributed by atoms with Crippen LogP contribution in [0.1, 0.15) is 6.42 Å². The molecule has 0 aliphatic heterocycles. The summed E-state index contributed by atoms with van der Waals surface area (Å²) >= 11 is 0.194. The molecule has 4 aromatic rings. The molecule has 0 spiro atoms. The first-order valence-corrected chi connectivity index (χ1v) is 11.2. The molecule has 0 aliphatic carbocycles. The Bertz CT molecular complexity index is 1100. The standard InChI is InChI=1S/C21H20N4O2S2/c1-27-8-5-9-29(26)21-19(22)18-16(14-6-3-2-4-7-14)10-17(25-20(18)28-21)15-11-23-13-24-12-15/h2-4,6-7,10-13H,5,8-9,22H2,1H3/t29-/m1/s1. The van der Waals surface area contributed by atoms with Crippen LogP contribution in [-0.2, 0) is 15.9 Å². The van der Waals surface area contributed by atoms with E-state index >= 15 is 0 Å². The van der Waals surface area contributed by atoms with Gasteiger partial charge in [-0.2, -0.15) is 0 Å². The Morgan fingerprint density at radius 1 is 1.14 bits per heavy atom. The Balaban J connectivity index is 1.88. The summed E-state index contributed by atoms with van der Waals surface area (Å²) in [5.41, 5.74) is 10.6. The van der Waals surface area contributed by atoms with Gasteiger partial charge in [0.2, 0.25) is 4.21 Å². The molecule has 3 heterocycles. The van der Waals surface area contributed by atoms with Gasteiger partial charge in [0.25, 0.3) is 0 Å². The monoisotopic (exact) mass is 424 g/mol. The molecule has 4 rings (SSSR count).